The molecule has 0 aliphatic heterocycles. The molecular weight excluding hydrogens is 440 g/mol. The Balaban J connectivity index is 1.31. The molecule has 7 heteroatoms. The normalized spacial score (nSPS) is 11.1. The molecule has 0 saturated heterocycles. The molecule has 0 fully saturated rings. The van der Waals surface area contributed by atoms with Crippen LogP contribution >= 0.6 is 0 Å². The summed E-state index contributed by atoms with van der Waals surface area (Å²) in [6, 6.07) is 21.4. The first-order valence-corrected chi connectivity index (χ1v) is 11.5. The number of hydrogen-bond donors (Lipinski definition) is 1. The number of rotatable bonds is 7. The summed E-state index contributed by atoms with van der Waals surface area (Å²) in [5, 5.41) is 7.04. The molecule has 2 aromatic carbocycles. The van der Waals surface area contributed by atoms with Crippen LogP contribution in [-0.2, 0) is 17.8 Å². The van der Waals surface area contributed by atoms with Crippen molar-refractivity contribution in [3.8, 4) is 17.0 Å². The van der Waals surface area contributed by atoms with Gasteiger partial charge in [0.2, 0.25) is 5.91 Å². The molecule has 1 amide bonds. The predicted molar refractivity (Wildman–Crippen MR) is 134 cm³/mol. The fraction of sp³-hybridized carbons (Fsp3) is 0.179. The van der Waals surface area contributed by atoms with Crippen LogP contribution in [0.4, 0.5) is 5.82 Å². The van der Waals surface area contributed by atoms with E-state index < -0.39 is 0 Å². The standard InChI is InChI=1S/C28H26N4O3/c1-18-9-14-25-29-27(22-7-5-4-6-8-22)28(32(25)16-18)30-26(33)15-21-10-12-23(13-11-21)34-17-24-19(2)31-35-20(24)3/h4-14,16H,15,17H2,1-3H3,(H,30,33). The fourth-order valence-electron chi connectivity index (χ4n) is 4.00. The van der Waals surface area contributed by atoms with Crippen LogP contribution in [0.1, 0.15) is 28.1 Å². The first kappa shape index (κ1) is 22.4. The number of aromatic nitrogens is 3. The van der Waals surface area contributed by atoms with E-state index in [1.54, 1.807) is 0 Å². The molecule has 0 aliphatic carbocycles. The minimum absolute atomic E-state index is 0.116. The first-order chi connectivity index (χ1) is 17.0. The molecule has 0 bridgehead atoms. The second kappa shape index (κ2) is 9.46. The zero-order valence-corrected chi connectivity index (χ0v) is 19.9. The van der Waals surface area contributed by atoms with Gasteiger partial charge in [0.1, 0.15) is 35.3 Å². The Morgan fingerprint density at radius 2 is 1.77 bits per heavy atom. The second-order valence-electron chi connectivity index (χ2n) is 8.57. The summed E-state index contributed by atoms with van der Waals surface area (Å²) in [7, 11) is 0. The molecule has 5 aromatic rings. The number of nitrogens with zero attached hydrogens (tertiary/aromatic N) is 3. The lowest BCUT2D eigenvalue weighted by Gasteiger charge is -2.10. The Hall–Kier alpha value is -4.39. The third-order valence-electron chi connectivity index (χ3n) is 5.92. The molecule has 0 aliphatic rings. The van der Waals surface area contributed by atoms with Gasteiger partial charge in [0, 0.05) is 11.8 Å². The van der Waals surface area contributed by atoms with E-state index >= 15 is 0 Å². The number of pyridine rings is 1. The Kier molecular flexibility index (Phi) is 6.06. The van der Waals surface area contributed by atoms with Crippen LogP contribution in [0, 0.1) is 20.8 Å². The van der Waals surface area contributed by atoms with Gasteiger partial charge in [-0.3, -0.25) is 9.20 Å². The van der Waals surface area contributed by atoms with E-state index in [0.29, 0.717) is 12.4 Å². The molecule has 3 aromatic heterocycles. The third-order valence-corrected chi connectivity index (χ3v) is 5.92. The molecule has 7 nitrogen and oxygen atoms in total. The Morgan fingerprint density at radius 3 is 2.49 bits per heavy atom. The van der Waals surface area contributed by atoms with Crippen LogP contribution in [0.3, 0.4) is 0 Å². The van der Waals surface area contributed by atoms with Crippen LogP contribution in [0.5, 0.6) is 5.75 Å². The SMILES string of the molecule is Cc1ccc2nc(-c3ccccc3)c(NC(=O)Cc3ccc(OCc4c(C)noc4C)cc3)n2c1. The number of hydrogen-bond acceptors (Lipinski definition) is 5. The average molecular weight is 467 g/mol. The van der Waals surface area contributed by atoms with Crippen LogP contribution < -0.4 is 10.1 Å². The van der Waals surface area contributed by atoms with E-state index in [9.17, 15) is 4.79 Å². The Morgan fingerprint density at radius 1 is 1.00 bits per heavy atom. The lowest BCUT2D eigenvalue weighted by Crippen LogP contribution is -2.16. The first-order valence-electron chi connectivity index (χ1n) is 11.5. The highest BCUT2D eigenvalue weighted by atomic mass is 16.5. The molecule has 0 spiro atoms. The van der Waals surface area contributed by atoms with Gasteiger partial charge in [0.15, 0.2) is 0 Å². The van der Waals surface area contributed by atoms with E-state index in [1.807, 2.05) is 98.1 Å². The maximum absolute atomic E-state index is 13.0. The molecule has 3 heterocycles. The van der Waals surface area contributed by atoms with Gasteiger partial charge in [-0.2, -0.15) is 0 Å². The molecule has 0 saturated carbocycles. The molecule has 1 N–H and O–H groups in total. The van der Waals surface area contributed by atoms with Crippen molar-refractivity contribution >= 4 is 17.4 Å². The highest BCUT2D eigenvalue weighted by Gasteiger charge is 2.17. The highest BCUT2D eigenvalue weighted by Crippen LogP contribution is 2.29. The zero-order valence-electron chi connectivity index (χ0n) is 19.9. The molecular formula is C28H26N4O3. The van der Waals surface area contributed by atoms with Crippen LogP contribution in [0.2, 0.25) is 0 Å². The van der Waals surface area contributed by atoms with Crippen molar-refractivity contribution in [3.05, 3.63) is 101 Å². The van der Waals surface area contributed by atoms with Gasteiger partial charge in [0.25, 0.3) is 0 Å². The van der Waals surface area contributed by atoms with Crippen molar-refractivity contribution in [1.82, 2.24) is 14.5 Å². The summed E-state index contributed by atoms with van der Waals surface area (Å²) in [6.07, 6.45) is 2.22. The molecule has 176 valence electrons. The van der Waals surface area contributed by atoms with Crippen LogP contribution in [0.15, 0.2) is 77.4 Å². The minimum Gasteiger partial charge on any atom is -0.489 e. The monoisotopic (exact) mass is 466 g/mol. The number of anilines is 1. The maximum Gasteiger partial charge on any atom is 0.229 e. The van der Waals surface area contributed by atoms with Crippen LogP contribution in [0.25, 0.3) is 16.9 Å². The maximum atomic E-state index is 13.0. The number of aryl methyl sites for hydroxylation is 3. The number of amides is 1. The number of fused-ring (bicyclic) bond motifs is 1. The van der Waals surface area contributed by atoms with E-state index in [2.05, 4.69) is 10.5 Å². The number of carbonyl (C=O) groups is 1. The quantitative estimate of drug-likeness (QED) is 0.334. The molecule has 0 unspecified atom stereocenters. The third kappa shape index (κ3) is 4.80. The van der Waals surface area contributed by atoms with Gasteiger partial charge >= 0.3 is 0 Å². The van der Waals surface area contributed by atoms with E-state index in [1.165, 1.54) is 0 Å². The second-order valence-corrected chi connectivity index (χ2v) is 8.57. The van der Waals surface area contributed by atoms with Crippen LogP contribution in [-0.4, -0.2) is 20.4 Å². The summed E-state index contributed by atoms with van der Waals surface area (Å²) in [4.78, 5) is 17.8. The zero-order chi connectivity index (χ0) is 24.4. The van der Waals surface area contributed by atoms with E-state index in [4.69, 9.17) is 14.2 Å². The van der Waals surface area contributed by atoms with Crippen molar-refractivity contribution in [1.29, 1.82) is 0 Å². The van der Waals surface area contributed by atoms with E-state index in [0.717, 1.165) is 50.8 Å². The van der Waals surface area contributed by atoms with Gasteiger partial charge in [-0.15, -0.1) is 0 Å². The minimum atomic E-state index is -0.116. The lowest BCUT2D eigenvalue weighted by molar-refractivity contribution is -0.115. The predicted octanol–water partition coefficient (Wildman–Crippen LogP) is 5.67. The molecule has 35 heavy (non-hydrogen) atoms. The average Bonchev–Trinajstić information content (AvgIpc) is 3.38. The van der Waals surface area contributed by atoms with E-state index in [-0.39, 0.29) is 12.3 Å². The highest BCUT2D eigenvalue weighted by molar-refractivity contribution is 5.95. The Labute approximate surface area is 203 Å². The number of imidazole rings is 1. The smallest absolute Gasteiger partial charge is 0.229 e. The topological polar surface area (TPSA) is 81.7 Å². The summed E-state index contributed by atoms with van der Waals surface area (Å²) in [6.45, 7) is 6.17. The summed E-state index contributed by atoms with van der Waals surface area (Å²) < 4.78 is 13.0. The summed E-state index contributed by atoms with van der Waals surface area (Å²) >= 11 is 0. The summed E-state index contributed by atoms with van der Waals surface area (Å²) in [5.74, 6) is 2.03. The van der Waals surface area contributed by atoms with Gasteiger partial charge in [-0.1, -0.05) is 53.7 Å². The number of nitrogens with one attached hydrogen (secondary N) is 1. The molecule has 0 atom stereocenters. The van der Waals surface area contributed by atoms with Crippen molar-refractivity contribution in [2.75, 3.05) is 5.32 Å². The number of ether oxygens (including phenoxy) is 1. The number of carbonyl (C=O) groups excluding carboxylic acids is 1. The van der Waals surface area contributed by atoms with Crippen molar-refractivity contribution < 1.29 is 14.1 Å². The Bertz CT molecular complexity index is 1460. The van der Waals surface area contributed by atoms with Crippen molar-refractivity contribution in [3.63, 3.8) is 0 Å². The van der Waals surface area contributed by atoms with Gasteiger partial charge in [-0.05, 0) is 50.1 Å². The largest absolute Gasteiger partial charge is 0.489 e. The van der Waals surface area contributed by atoms with Gasteiger partial charge < -0.3 is 14.6 Å². The van der Waals surface area contributed by atoms with Gasteiger partial charge in [0.05, 0.1) is 17.7 Å². The lowest BCUT2D eigenvalue weighted by atomic mass is 10.1. The molecule has 0 radical (unpaired) electrons. The summed E-state index contributed by atoms with van der Waals surface area (Å²) in [5.41, 5.74) is 6.22. The van der Waals surface area contributed by atoms with Gasteiger partial charge in [-0.25, -0.2) is 4.98 Å². The van der Waals surface area contributed by atoms with Crippen molar-refractivity contribution in [2.24, 2.45) is 0 Å². The van der Waals surface area contributed by atoms with Crippen molar-refractivity contribution in [2.45, 2.75) is 33.8 Å². The fourth-order valence-corrected chi connectivity index (χ4v) is 4.00. The number of benzene rings is 2. The molecule has 5 rings (SSSR count).